The second-order valence-electron chi connectivity index (χ2n) is 4.56. The van der Waals surface area contributed by atoms with Crippen LogP contribution in [-0.4, -0.2) is 15.9 Å². The molecule has 0 unspecified atom stereocenters. The number of amides is 1. The minimum absolute atomic E-state index is 0.257. The third-order valence-corrected chi connectivity index (χ3v) is 3.02. The number of rotatable bonds is 2. The summed E-state index contributed by atoms with van der Waals surface area (Å²) in [5.41, 5.74) is 1.84. The Morgan fingerprint density at radius 2 is 1.80 bits per heavy atom. The van der Waals surface area contributed by atoms with Crippen LogP contribution in [0.3, 0.4) is 0 Å². The van der Waals surface area contributed by atoms with E-state index in [2.05, 4.69) is 15.3 Å². The lowest BCUT2D eigenvalue weighted by atomic mass is 10.1. The standard InChI is InChI=1S/C16H13N3O/c1-11-9-18-15(10-17-11)16(20)19-14-7-6-12-4-2-3-5-13(12)8-14/h2-10H,1H3,(H,19,20). The van der Waals surface area contributed by atoms with E-state index in [0.29, 0.717) is 5.69 Å². The molecule has 0 aliphatic rings. The van der Waals surface area contributed by atoms with Crippen LogP contribution in [0.2, 0.25) is 0 Å². The maximum absolute atomic E-state index is 12.0. The number of carbonyl (C=O) groups excluding carboxylic acids is 1. The number of hydrogen-bond donors (Lipinski definition) is 1. The first-order valence-electron chi connectivity index (χ1n) is 6.31. The Kier molecular flexibility index (Phi) is 3.13. The van der Waals surface area contributed by atoms with Crippen LogP contribution in [-0.2, 0) is 0 Å². The van der Waals surface area contributed by atoms with Crippen molar-refractivity contribution in [1.29, 1.82) is 0 Å². The molecule has 98 valence electrons. The lowest BCUT2D eigenvalue weighted by Gasteiger charge is -2.06. The van der Waals surface area contributed by atoms with Gasteiger partial charge in [-0.25, -0.2) is 4.98 Å². The van der Waals surface area contributed by atoms with Crippen molar-refractivity contribution in [3.8, 4) is 0 Å². The monoisotopic (exact) mass is 263 g/mol. The van der Waals surface area contributed by atoms with Gasteiger partial charge in [-0.05, 0) is 29.8 Å². The Bertz CT molecular complexity index is 766. The van der Waals surface area contributed by atoms with Gasteiger partial charge in [-0.2, -0.15) is 0 Å². The molecule has 3 rings (SSSR count). The normalized spacial score (nSPS) is 10.4. The Balaban J connectivity index is 1.85. The molecule has 20 heavy (non-hydrogen) atoms. The summed E-state index contributed by atoms with van der Waals surface area (Å²) in [7, 11) is 0. The lowest BCUT2D eigenvalue weighted by Crippen LogP contribution is -2.14. The SMILES string of the molecule is Cc1cnc(C(=O)Nc2ccc3ccccc3c2)cn1. The number of aromatic nitrogens is 2. The van der Waals surface area contributed by atoms with Crippen molar-refractivity contribution in [3.05, 3.63) is 66.2 Å². The minimum Gasteiger partial charge on any atom is -0.321 e. The van der Waals surface area contributed by atoms with Crippen molar-refractivity contribution in [2.75, 3.05) is 5.32 Å². The molecule has 2 aromatic carbocycles. The van der Waals surface area contributed by atoms with E-state index < -0.39 is 0 Å². The van der Waals surface area contributed by atoms with Gasteiger partial charge in [0.15, 0.2) is 0 Å². The predicted octanol–water partition coefficient (Wildman–Crippen LogP) is 3.19. The van der Waals surface area contributed by atoms with Gasteiger partial charge in [-0.3, -0.25) is 9.78 Å². The van der Waals surface area contributed by atoms with Crippen molar-refractivity contribution in [3.63, 3.8) is 0 Å². The van der Waals surface area contributed by atoms with Gasteiger partial charge in [-0.15, -0.1) is 0 Å². The fourth-order valence-electron chi connectivity index (χ4n) is 1.97. The zero-order valence-corrected chi connectivity index (χ0v) is 11.0. The average molecular weight is 263 g/mol. The van der Waals surface area contributed by atoms with E-state index in [0.717, 1.165) is 22.2 Å². The smallest absolute Gasteiger partial charge is 0.275 e. The molecular formula is C16H13N3O. The van der Waals surface area contributed by atoms with Crippen LogP contribution in [0.15, 0.2) is 54.9 Å². The van der Waals surface area contributed by atoms with Gasteiger partial charge >= 0.3 is 0 Å². The molecule has 0 aliphatic heterocycles. The Hall–Kier alpha value is -2.75. The number of anilines is 1. The average Bonchev–Trinajstić information content (AvgIpc) is 2.48. The van der Waals surface area contributed by atoms with E-state index >= 15 is 0 Å². The van der Waals surface area contributed by atoms with E-state index in [1.54, 1.807) is 6.20 Å². The molecule has 0 radical (unpaired) electrons. The Labute approximate surface area is 116 Å². The third kappa shape index (κ3) is 2.49. The van der Waals surface area contributed by atoms with Crippen LogP contribution >= 0.6 is 0 Å². The first-order valence-corrected chi connectivity index (χ1v) is 6.31. The largest absolute Gasteiger partial charge is 0.321 e. The second-order valence-corrected chi connectivity index (χ2v) is 4.56. The van der Waals surface area contributed by atoms with E-state index in [4.69, 9.17) is 0 Å². The van der Waals surface area contributed by atoms with Gasteiger partial charge in [0.2, 0.25) is 0 Å². The van der Waals surface area contributed by atoms with Crippen molar-refractivity contribution in [2.24, 2.45) is 0 Å². The highest BCUT2D eigenvalue weighted by Gasteiger charge is 2.08. The topological polar surface area (TPSA) is 54.9 Å². The molecule has 0 saturated heterocycles. The van der Waals surface area contributed by atoms with Gasteiger partial charge in [0.1, 0.15) is 5.69 Å². The molecule has 3 aromatic rings. The molecule has 0 saturated carbocycles. The minimum atomic E-state index is -0.257. The first kappa shape index (κ1) is 12.3. The van der Waals surface area contributed by atoms with Crippen molar-refractivity contribution >= 4 is 22.4 Å². The summed E-state index contributed by atoms with van der Waals surface area (Å²) < 4.78 is 0. The highest BCUT2D eigenvalue weighted by atomic mass is 16.1. The highest BCUT2D eigenvalue weighted by molar-refractivity contribution is 6.03. The molecule has 1 aromatic heterocycles. The van der Waals surface area contributed by atoms with E-state index in [-0.39, 0.29) is 5.91 Å². The van der Waals surface area contributed by atoms with Gasteiger partial charge in [0.25, 0.3) is 5.91 Å². The molecule has 0 fully saturated rings. The zero-order valence-electron chi connectivity index (χ0n) is 11.0. The summed E-state index contributed by atoms with van der Waals surface area (Å²) in [6, 6.07) is 13.8. The Morgan fingerprint density at radius 3 is 2.55 bits per heavy atom. The van der Waals surface area contributed by atoms with Crippen LogP contribution < -0.4 is 5.32 Å². The van der Waals surface area contributed by atoms with Crippen molar-refractivity contribution in [2.45, 2.75) is 6.92 Å². The number of hydrogen-bond acceptors (Lipinski definition) is 3. The molecule has 1 N–H and O–H groups in total. The van der Waals surface area contributed by atoms with E-state index in [1.807, 2.05) is 49.4 Å². The van der Waals surface area contributed by atoms with Crippen LogP contribution in [0.4, 0.5) is 5.69 Å². The summed E-state index contributed by atoms with van der Waals surface area (Å²) in [6.07, 6.45) is 3.06. The van der Waals surface area contributed by atoms with Gasteiger partial charge < -0.3 is 5.32 Å². The molecule has 1 heterocycles. The number of benzene rings is 2. The molecule has 1 amide bonds. The van der Waals surface area contributed by atoms with Crippen LogP contribution in [0.1, 0.15) is 16.2 Å². The first-order chi connectivity index (χ1) is 9.72. The number of nitrogens with one attached hydrogen (secondary N) is 1. The van der Waals surface area contributed by atoms with E-state index in [1.165, 1.54) is 6.20 Å². The summed E-state index contributed by atoms with van der Waals surface area (Å²) in [6.45, 7) is 1.83. The number of fused-ring (bicyclic) bond motifs is 1. The molecule has 0 atom stereocenters. The van der Waals surface area contributed by atoms with Gasteiger partial charge in [0.05, 0.1) is 11.9 Å². The predicted molar refractivity (Wildman–Crippen MR) is 78.7 cm³/mol. The van der Waals surface area contributed by atoms with Gasteiger partial charge in [0, 0.05) is 11.9 Å². The molecule has 0 aliphatic carbocycles. The van der Waals surface area contributed by atoms with Crippen LogP contribution in [0.25, 0.3) is 10.8 Å². The molecule has 4 heteroatoms. The number of nitrogens with zero attached hydrogens (tertiary/aromatic N) is 2. The fourth-order valence-corrected chi connectivity index (χ4v) is 1.97. The maximum Gasteiger partial charge on any atom is 0.275 e. The van der Waals surface area contributed by atoms with Crippen LogP contribution in [0, 0.1) is 6.92 Å². The highest BCUT2D eigenvalue weighted by Crippen LogP contribution is 2.19. The fraction of sp³-hybridized carbons (Fsp3) is 0.0625. The number of aryl methyl sites for hydroxylation is 1. The van der Waals surface area contributed by atoms with Crippen molar-refractivity contribution < 1.29 is 4.79 Å². The Morgan fingerprint density at radius 1 is 1.00 bits per heavy atom. The third-order valence-electron chi connectivity index (χ3n) is 3.02. The van der Waals surface area contributed by atoms with Crippen molar-refractivity contribution in [1.82, 2.24) is 9.97 Å². The molecule has 4 nitrogen and oxygen atoms in total. The molecular weight excluding hydrogens is 250 g/mol. The lowest BCUT2D eigenvalue weighted by molar-refractivity contribution is 0.102. The molecule has 0 bridgehead atoms. The molecule has 0 spiro atoms. The summed E-state index contributed by atoms with van der Waals surface area (Å²) in [4.78, 5) is 20.2. The van der Waals surface area contributed by atoms with E-state index in [9.17, 15) is 4.79 Å². The number of carbonyl (C=O) groups is 1. The maximum atomic E-state index is 12.0. The summed E-state index contributed by atoms with van der Waals surface area (Å²) in [5.74, 6) is -0.257. The summed E-state index contributed by atoms with van der Waals surface area (Å²) >= 11 is 0. The zero-order chi connectivity index (χ0) is 13.9. The summed E-state index contributed by atoms with van der Waals surface area (Å²) in [5, 5.41) is 5.05. The quantitative estimate of drug-likeness (QED) is 0.772. The van der Waals surface area contributed by atoms with Crippen LogP contribution in [0.5, 0.6) is 0 Å². The van der Waals surface area contributed by atoms with Gasteiger partial charge in [-0.1, -0.05) is 30.3 Å². The second kappa shape index (κ2) is 5.09.